The van der Waals surface area contributed by atoms with Crippen molar-refractivity contribution in [1.29, 1.82) is 0 Å². The Morgan fingerprint density at radius 3 is 2.14 bits per heavy atom. The summed E-state index contributed by atoms with van der Waals surface area (Å²) >= 11 is 10.5. The molecule has 0 aliphatic heterocycles. The molecule has 0 spiro atoms. The summed E-state index contributed by atoms with van der Waals surface area (Å²) in [7, 11) is 1.60. The van der Waals surface area contributed by atoms with E-state index in [9.17, 15) is 4.79 Å². The van der Waals surface area contributed by atoms with Gasteiger partial charge in [0.15, 0.2) is 5.78 Å². The molecule has 29 heavy (non-hydrogen) atoms. The number of carbonyl (C=O) groups is 1. The molecular weight excluding hydrogens is 564 g/mol. The standard InChI is InChI=1S/C23H17Br3O3/c1-28-19-9-5-17(6-10-19)22(27)11-4-16-12-20(25)23(21(26)13-16)29-14-15-2-7-18(24)8-3-15/h2-13H,14H2,1H3/b11-4+. The van der Waals surface area contributed by atoms with Crippen LogP contribution in [0.5, 0.6) is 11.5 Å². The number of hydrogen-bond acceptors (Lipinski definition) is 3. The average molecular weight is 581 g/mol. The highest BCUT2D eigenvalue weighted by molar-refractivity contribution is 9.11. The van der Waals surface area contributed by atoms with Crippen molar-refractivity contribution in [2.75, 3.05) is 7.11 Å². The van der Waals surface area contributed by atoms with Crippen molar-refractivity contribution in [3.63, 3.8) is 0 Å². The van der Waals surface area contributed by atoms with Crippen molar-refractivity contribution in [3.05, 3.63) is 96.8 Å². The molecule has 0 heterocycles. The highest BCUT2D eigenvalue weighted by Crippen LogP contribution is 2.35. The molecule has 0 saturated carbocycles. The Balaban J connectivity index is 1.69. The van der Waals surface area contributed by atoms with E-state index >= 15 is 0 Å². The van der Waals surface area contributed by atoms with Crippen LogP contribution in [-0.2, 0) is 6.61 Å². The predicted molar refractivity (Wildman–Crippen MR) is 127 cm³/mol. The molecular formula is C23H17Br3O3. The number of rotatable bonds is 7. The van der Waals surface area contributed by atoms with Gasteiger partial charge in [-0.3, -0.25) is 4.79 Å². The SMILES string of the molecule is COc1ccc(C(=O)/C=C/c2cc(Br)c(OCc3ccc(Br)cc3)c(Br)c2)cc1. The minimum Gasteiger partial charge on any atom is -0.497 e. The van der Waals surface area contributed by atoms with Crippen LogP contribution in [0.15, 0.2) is 80.2 Å². The Morgan fingerprint density at radius 2 is 1.55 bits per heavy atom. The molecule has 3 aromatic rings. The van der Waals surface area contributed by atoms with Crippen molar-refractivity contribution in [2.45, 2.75) is 6.61 Å². The van der Waals surface area contributed by atoms with Crippen molar-refractivity contribution < 1.29 is 14.3 Å². The van der Waals surface area contributed by atoms with Crippen molar-refractivity contribution in [1.82, 2.24) is 0 Å². The van der Waals surface area contributed by atoms with Crippen molar-refractivity contribution >= 4 is 59.6 Å². The first-order valence-electron chi connectivity index (χ1n) is 8.69. The summed E-state index contributed by atoms with van der Waals surface area (Å²) in [6.07, 6.45) is 3.33. The molecule has 0 N–H and O–H groups in total. The monoisotopic (exact) mass is 578 g/mol. The first kappa shape index (κ1) is 21.8. The van der Waals surface area contributed by atoms with Gasteiger partial charge in [0.1, 0.15) is 18.1 Å². The van der Waals surface area contributed by atoms with Gasteiger partial charge in [-0.2, -0.15) is 0 Å². The van der Waals surface area contributed by atoms with Crippen LogP contribution in [0.3, 0.4) is 0 Å². The Kier molecular flexibility index (Phi) is 7.70. The van der Waals surface area contributed by atoms with Gasteiger partial charge in [0, 0.05) is 10.0 Å². The molecule has 0 unspecified atom stereocenters. The van der Waals surface area contributed by atoms with E-state index in [-0.39, 0.29) is 5.78 Å². The van der Waals surface area contributed by atoms with E-state index in [1.165, 1.54) is 0 Å². The molecule has 0 atom stereocenters. The first-order chi connectivity index (χ1) is 14.0. The highest BCUT2D eigenvalue weighted by atomic mass is 79.9. The number of halogens is 3. The number of carbonyl (C=O) groups excluding carboxylic acids is 1. The zero-order chi connectivity index (χ0) is 20.8. The maximum absolute atomic E-state index is 12.4. The molecule has 0 radical (unpaired) electrons. The third-order valence-electron chi connectivity index (χ3n) is 4.12. The van der Waals surface area contributed by atoms with Gasteiger partial charge >= 0.3 is 0 Å². The number of methoxy groups -OCH3 is 1. The lowest BCUT2D eigenvalue weighted by Gasteiger charge is -2.11. The Labute approximate surface area is 195 Å². The van der Waals surface area contributed by atoms with Crippen LogP contribution in [0.25, 0.3) is 6.08 Å². The molecule has 0 aromatic heterocycles. The van der Waals surface area contributed by atoms with E-state index in [4.69, 9.17) is 9.47 Å². The van der Waals surface area contributed by atoms with E-state index in [1.54, 1.807) is 43.5 Å². The number of benzene rings is 3. The lowest BCUT2D eigenvalue weighted by Crippen LogP contribution is -1.97. The number of hydrogen-bond donors (Lipinski definition) is 0. The fourth-order valence-corrected chi connectivity index (χ4v) is 4.29. The van der Waals surface area contributed by atoms with Crippen molar-refractivity contribution in [3.8, 4) is 11.5 Å². The fourth-order valence-electron chi connectivity index (χ4n) is 2.57. The fraction of sp³-hybridized carbons (Fsp3) is 0.0870. The lowest BCUT2D eigenvalue weighted by molar-refractivity contribution is 0.104. The topological polar surface area (TPSA) is 35.5 Å². The predicted octanol–water partition coefficient (Wildman–Crippen LogP) is 7.46. The first-order valence-corrected chi connectivity index (χ1v) is 11.1. The molecule has 3 rings (SSSR count). The third kappa shape index (κ3) is 6.04. The summed E-state index contributed by atoms with van der Waals surface area (Å²) < 4.78 is 13.7. The zero-order valence-corrected chi connectivity index (χ0v) is 20.3. The quantitative estimate of drug-likeness (QED) is 0.215. The number of ketones is 1. The van der Waals surface area contributed by atoms with Crippen molar-refractivity contribution in [2.24, 2.45) is 0 Å². The van der Waals surface area contributed by atoms with E-state index in [0.717, 1.165) is 30.3 Å². The molecule has 0 amide bonds. The average Bonchev–Trinajstić information content (AvgIpc) is 2.72. The maximum atomic E-state index is 12.4. The largest absolute Gasteiger partial charge is 0.497 e. The second-order valence-electron chi connectivity index (χ2n) is 6.15. The van der Waals surface area contributed by atoms with Crippen LogP contribution in [0.1, 0.15) is 21.5 Å². The second kappa shape index (κ2) is 10.2. The smallest absolute Gasteiger partial charge is 0.185 e. The van der Waals surface area contributed by atoms with Gasteiger partial charge in [0.25, 0.3) is 0 Å². The van der Waals surface area contributed by atoms with Gasteiger partial charge in [0.2, 0.25) is 0 Å². The van der Waals surface area contributed by atoms with Crippen LogP contribution < -0.4 is 9.47 Å². The third-order valence-corrected chi connectivity index (χ3v) is 5.83. The van der Waals surface area contributed by atoms with Gasteiger partial charge in [-0.25, -0.2) is 0 Å². The van der Waals surface area contributed by atoms with Crippen LogP contribution in [-0.4, -0.2) is 12.9 Å². The normalized spacial score (nSPS) is 10.9. The molecule has 0 aliphatic carbocycles. The minimum absolute atomic E-state index is 0.0736. The molecule has 148 valence electrons. The van der Waals surface area contributed by atoms with Crippen LogP contribution in [0.4, 0.5) is 0 Å². The summed E-state index contributed by atoms with van der Waals surface area (Å²) in [5, 5.41) is 0. The van der Waals surface area contributed by atoms with E-state index in [2.05, 4.69) is 47.8 Å². The van der Waals surface area contributed by atoms with Gasteiger partial charge in [-0.05, 0) is 97.6 Å². The van der Waals surface area contributed by atoms with Crippen LogP contribution >= 0.6 is 47.8 Å². The summed E-state index contributed by atoms with van der Waals surface area (Å²) in [5.74, 6) is 1.36. The van der Waals surface area contributed by atoms with E-state index in [0.29, 0.717) is 17.9 Å². The summed E-state index contributed by atoms with van der Waals surface area (Å²) in [6.45, 7) is 0.454. The molecule has 0 bridgehead atoms. The number of allylic oxidation sites excluding steroid dienone is 1. The number of ether oxygens (including phenoxy) is 2. The molecule has 3 aromatic carbocycles. The second-order valence-corrected chi connectivity index (χ2v) is 8.78. The Morgan fingerprint density at radius 1 is 0.931 bits per heavy atom. The Bertz CT molecular complexity index is 1000. The van der Waals surface area contributed by atoms with E-state index < -0.39 is 0 Å². The molecule has 0 aliphatic rings. The molecule has 0 fully saturated rings. The van der Waals surface area contributed by atoms with E-state index in [1.807, 2.05) is 36.4 Å². The summed E-state index contributed by atoms with van der Waals surface area (Å²) in [5.41, 5.74) is 2.55. The summed E-state index contributed by atoms with van der Waals surface area (Å²) in [4.78, 5) is 12.4. The van der Waals surface area contributed by atoms with Gasteiger partial charge in [-0.1, -0.05) is 34.1 Å². The zero-order valence-electron chi connectivity index (χ0n) is 15.5. The minimum atomic E-state index is -0.0736. The van der Waals surface area contributed by atoms with Crippen LogP contribution in [0, 0.1) is 0 Å². The maximum Gasteiger partial charge on any atom is 0.185 e. The molecule has 6 heteroatoms. The lowest BCUT2D eigenvalue weighted by atomic mass is 10.1. The van der Waals surface area contributed by atoms with Gasteiger partial charge in [0.05, 0.1) is 16.1 Å². The molecule has 3 nitrogen and oxygen atoms in total. The van der Waals surface area contributed by atoms with Gasteiger partial charge < -0.3 is 9.47 Å². The highest BCUT2D eigenvalue weighted by Gasteiger charge is 2.09. The molecule has 0 saturated heterocycles. The Hall–Kier alpha value is -1.89. The van der Waals surface area contributed by atoms with Gasteiger partial charge in [-0.15, -0.1) is 0 Å². The summed E-state index contributed by atoms with van der Waals surface area (Å²) in [6, 6.07) is 18.8. The van der Waals surface area contributed by atoms with Crippen LogP contribution in [0.2, 0.25) is 0 Å².